The normalized spacial score (nSPS) is 12.6. The Morgan fingerprint density at radius 3 is 1.48 bits per heavy atom. The molecule has 0 bridgehead atoms. The SMILES string of the molecule is CCCCCCCCN(C(CCN)(CCN)CCCCCCC)C(CCN)(CCN)C(=O)O. The van der Waals surface area contributed by atoms with E-state index in [2.05, 4.69) is 18.7 Å². The van der Waals surface area contributed by atoms with Gasteiger partial charge in [-0.1, -0.05) is 78.1 Å². The first-order chi connectivity index (χ1) is 15.9. The average Bonchev–Trinajstić information content (AvgIpc) is 2.78. The fourth-order valence-corrected chi connectivity index (χ4v) is 5.53. The van der Waals surface area contributed by atoms with E-state index < -0.39 is 11.5 Å². The standard InChI is InChI=1S/C26H57N5O2/c1-3-5-7-9-11-13-23-31(26(17-21-29,18-22-30)24(32)33)25(15-19-27,16-20-28)14-12-10-8-6-4-2/h3-23,27-30H2,1-2H3,(H,32,33). The molecular formula is C26H57N5O2. The lowest BCUT2D eigenvalue weighted by atomic mass is 9.76. The number of hydrogen-bond acceptors (Lipinski definition) is 6. The molecule has 0 amide bonds. The number of aliphatic carboxylic acids is 1. The van der Waals surface area contributed by atoms with E-state index >= 15 is 0 Å². The number of carboxylic acid groups (broad SMARTS) is 1. The van der Waals surface area contributed by atoms with Gasteiger partial charge in [0.15, 0.2) is 0 Å². The van der Waals surface area contributed by atoms with Crippen molar-refractivity contribution in [1.82, 2.24) is 4.90 Å². The topological polar surface area (TPSA) is 145 Å². The summed E-state index contributed by atoms with van der Waals surface area (Å²) < 4.78 is 0. The number of nitrogens with two attached hydrogens (primary N) is 4. The summed E-state index contributed by atoms with van der Waals surface area (Å²) in [6.07, 6.45) is 16.1. The van der Waals surface area contributed by atoms with E-state index in [1.165, 1.54) is 44.9 Å². The van der Waals surface area contributed by atoms with Crippen LogP contribution in [-0.2, 0) is 4.79 Å². The van der Waals surface area contributed by atoms with Crippen molar-refractivity contribution >= 4 is 5.97 Å². The van der Waals surface area contributed by atoms with Gasteiger partial charge in [-0.25, -0.2) is 0 Å². The molecule has 33 heavy (non-hydrogen) atoms. The molecule has 0 aliphatic carbocycles. The molecule has 0 saturated carbocycles. The highest BCUT2D eigenvalue weighted by Gasteiger charge is 2.50. The lowest BCUT2D eigenvalue weighted by molar-refractivity contribution is -0.160. The van der Waals surface area contributed by atoms with Crippen LogP contribution in [0.4, 0.5) is 0 Å². The van der Waals surface area contributed by atoms with Gasteiger partial charge < -0.3 is 28.0 Å². The average molecular weight is 472 g/mol. The van der Waals surface area contributed by atoms with Gasteiger partial charge in [0.05, 0.1) is 0 Å². The van der Waals surface area contributed by atoms with Crippen LogP contribution in [-0.4, -0.2) is 59.8 Å². The molecule has 0 aliphatic rings. The molecule has 0 unspecified atom stereocenters. The van der Waals surface area contributed by atoms with Crippen LogP contribution >= 0.6 is 0 Å². The fourth-order valence-electron chi connectivity index (χ4n) is 5.53. The third-order valence-electron chi connectivity index (χ3n) is 7.30. The van der Waals surface area contributed by atoms with Crippen LogP contribution in [0.5, 0.6) is 0 Å². The molecule has 0 spiro atoms. The highest BCUT2D eigenvalue weighted by atomic mass is 16.4. The molecule has 0 fully saturated rings. The summed E-state index contributed by atoms with van der Waals surface area (Å²) in [6.45, 7) is 6.83. The maximum Gasteiger partial charge on any atom is 0.324 e. The van der Waals surface area contributed by atoms with Crippen molar-refractivity contribution in [2.75, 3.05) is 32.7 Å². The summed E-state index contributed by atoms with van der Waals surface area (Å²) in [4.78, 5) is 15.2. The predicted molar refractivity (Wildman–Crippen MR) is 141 cm³/mol. The Bertz CT molecular complexity index is 464. The van der Waals surface area contributed by atoms with Gasteiger partial charge in [0.2, 0.25) is 0 Å². The van der Waals surface area contributed by atoms with Crippen LogP contribution < -0.4 is 22.9 Å². The Morgan fingerprint density at radius 1 is 0.636 bits per heavy atom. The lowest BCUT2D eigenvalue weighted by Gasteiger charge is -2.53. The van der Waals surface area contributed by atoms with Gasteiger partial charge >= 0.3 is 5.97 Å². The minimum absolute atomic E-state index is 0.317. The Hall–Kier alpha value is -0.730. The molecule has 0 atom stereocenters. The van der Waals surface area contributed by atoms with E-state index in [1.807, 2.05) is 0 Å². The van der Waals surface area contributed by atoms with E-state index in [4.69, 9.17) is 22.9 Å². The number of carbonyl (C=O) groups is 1. The first kappa shape index (κ1) is 32.3. The molecule has 0 saturated heterocycles. The smallest absolute Gasteiger partial charge is 0.324 e. The third kappa shape index (κ3) is 11.0. The molecule has 9 N–H and O–H groups in total. The molecule has 7 heteroatoms. The summed E-state index contributed by atoms with van der Waals surface area (Å²) >= 11 is 0. The van der Waals surface area contributed by atoms with Crippen molar-refractivity contribution in [2.24, 2.45) is 22.9 Å². The van der Waals surface area contributed by atoms with E-state index in [-0.39, 0.29) is 5.54 Å². The first-order valence-electron chi connectivity index (χ1n) is 13.8. The summed E-state index contributed by atoms with van der Waals surface area (Å²) in [7, 11) is 0. The summed E-state index contributed by atoms with van der Waals surface area (Å²) in [5.74, 6) is -0.811. The highest BCUT2D eigenvalue weighted by Crippen LogP contribution is 2.39. The quantitative estimate of drug-likeness (QED) is 0.134. The van der Waals surface area contributed by atoms with E-state index in [0.29, 0.717) is 39.0 Å². The first-order valence-corrected chi connectivity index (χ1v) is 13.8. The largest absolute Gasteiger partial charge is 0.480 e. The van der Waals surface area contributed by atoms with Gasteiger partial charge in [0.25, 0.3) is 0 Å². The zero-order valence-corrected chi connectivity index (χ0v) is 22.0. The lowest BCUT2D eigenvalue weighted by Crippen LogP contribution is -2.66. The van der Waals surface area contributed by atoms with Gasteiger partial charge in [0, 0.05) is 5.54 Å². The molecule has 0 aromatic carbocycles. The van der Waals surface area contributed by atoms with Crippen molar-refractivity contribution in [3.63, 3.8) is 0 Å². The monoisotopic (exact) mass is 471 g/mol. The van der Waals surface area contributed by atoms with Crippen molar-refractivity contribution < 1.29 is 9.90 Å². The molecule has 0 heterocycles. The molecule has 0 rings (SSSR count). The van der Waals surface area contributed by atoms with Crippen LogP contribution in [0.3, 0.4) is 0 Å². The second-order valence-corrected chi connectivity index (χ2v) is 9.80. The van der Waals surface area contributed by atoms with E-state index in [0.717, 1.165) is 51.5 Å². The van der Waals surface area contributed by atoms with Crippen LogP contribution in [0.15, 0.2) is 0 Å². The predicted octanol–water partition coefficient (Wildman–Crippen LogP) is 3.97. The molecule has 0 aliphatic heterocycles. The third-order valence-corrected chi connectivity index (χ3v) is 7.30. The minimum atomic E-state index is -1.07. The highest BCUT2D eigenvalue weighted by molar-refractivity contribution is 5.79. The maximum absolute atomic E-state index is 12.9. The van der Waals surface area contributed by atoms with Crippen molar-refractivity contribution in [3.8, 4) is 0 Å². The van der Waals surface area contributed by atoms with E-state index in [1.54, 1.807) is 0 Å². The van der Waals surface area contributed by atoms with Gasteiger partial charge in [0.1, 0.15) is 5.54 Å². The van der Waals surface area contributed by atoms with Crippen molar-refractivity contribution in [2.45, 2.75) is 128 Å². The molecule has 198 valence electrons. The fraction of sp³-hybridized carbons (Fsp3) is 0.962. The van der Waals surface area contributed by atoms with Crippen LogP contribution in [0, 0.1) is 0 Å². The maximum atomic E-state index is 12.9. The van der Waals surface area contributed by atoms with Crippen molar-refractivity contribution in [1.29, 1.82) is 0 Å². The van der Waals surface area contributed by atoms with Crippen LogP contribution in [0.1, 0.15) is 117 Å². The summed E-state index contributed by atoms with van der Waals surface area (Å²) in [5.41, 5.74) is 22.9. The Morgan fingerprint density at radius 2 is 1.06 bits per heavy atom. The second-order valence-electron chi connectivity index (χ2n) is 9.80. The number of hydrogen-bond donors (Lipinski definition) is 5. The van der Waals surface area contributed by atoms with Crippen LogP contribution in [0.2, 0.25) is 0 Å². The van der Waals surface area contributed by atoms with Gasteiger partial charge in [-0.15, -0.1) is 0 Å². The molecule has 0 aromatic rings. The van der Waals surface area contributed by atoms with Gasteiger partial charge in [-0.2, -0.15) is 0 Å². The Labute approximate surface area is 204 Å². The number of nitrogens with zero attached hydrogens (tertiary/aromatic N) is 1. The number of carboxylic acids is 1. The zero-order valence-electron chi connectivity index (χ0n) is 22.0. The zero-order chi connectivity index (χ0) is 25.0. The molecule has 0 radical (unpaired) electrons. The second kappa shape index (κ2) is 19.6. The minimum Gasteiger partial charge on any atom is -0.480 e. The van der Waals surface area contributed by atoms with Crippen molar-refractivity contribution in [3.05, 3.63) is 0 Å². The molecular weight excluding hydrogens is 414 g/mol. The van der Waals surface area contributed by atoms with Gasteiger partial charge in [-0.05, 0) is 71.2 Å². The summed E-state index contributed by atoms with van der Waals surface area (Å²) in [6, 6.07) is 0. The number of unbranched alkanes of at least 4 members (excludes halogenated alkanes) is 9. The molecule has 0 aromatic heterocycles. The summed E-state index contributed by atoms with van der Waals surface area (Å²) in [5, 5.41) is 10.6. The van der Waals surface area contributed by atoms with Gasteiger partial charge in [-0.3, -0.25) is 9.69 Å². The Kier molecular flexibility index (Phi) is 19.1. The number of rotatable bonds is 24. The van der Waals surface area contributed by atoms with Crippen LogP contribution in [0.25, 0.3) is 0 Å². The Balaban J connectivity index is 6.05. The molecule has 7 nitrogen and oxygen atoms in total. The van der Waals surface area contributed by atoms with E-state index in [9.17, 15) is 9.90 Å².